The highest BCUT2D eigenvalue weighted by Crippen LogP contribution is 2.33. The molecule has 3 aromatic rings. The average molecular weight is 495 g/mol. The van der Waals surface area contributed by atoms with Gasteiger partial charge < -0.3 is 30.3 Å². The van der Waals surface area contributed by atoms with E-state index in [1.807, 2.05) is 18.2 Å². The Kier molecular flexibility index (Phi) is 7.38. The number of rotatable bonds is 8. The van der Waals surface area contributed by atoms with Crippen molar-refractivity contribution in [2.45, 2.75) is 0 Å². The first-order valence-corrected chi connectivity index (χ1v) is 11.4. The van der Waals surface area contributed by atoms with E-state index in [1.54, 1.807) is 31.4 Å². The number of aromatic nitrogens is 2. The summed E-state index contributed by atoms with van der Waals surface area (Å²) in [6, 6.07) is 12.9. The zero-order chi connectivity index (χ0) is 24.9. The summed E-state index contributed by atoms with van der Waals surface area (Å²) in [5.74, 6) is 0.181. The predicted molar refractivity (Wildman–Crippen MR) is 139 cm³/mol. The van der Waals surface area contributed by atoms with E-state index in [1.165, 1.54) is 6.20 Å². The molecule has 2 aromatic carbocycles. The molecule has 1 aromatic heterocycles. The minimum Gasteiger partial charge on any atom is -0.494 e. The fourth-order valence-electron chi connectivity index (χ4n) is 3.78. The summed E-state index contributed by atoms with van der Waals surface area (Å²) in [5.41, 5.74) is 2.71. The zero-order valence-electron chi connectivity index (χ0n) is 19.6. The molecule has 0 atom stereocenters. The number of benzene rings is 2. The molecule has 9 nitrogen and oxygen atoms in total. The van der Waals surface area contributed by atoms with Gasteiger partial charge in [-0.3, -0.25) is 0 Å². The van der Waals surface area contributed by atoms with Crippen LogP contribution in [0.3, 0.4) is 0 Å². The first-order valence-electron chi connectivity index (χ1n) is 11.1. The van der Waals surface area contributed by atoms with Crippen LogP contribution < -0.4 is 20.3 Å². The van der Waals surface area contributed by atoms with Crippen LogP contribution in [-0.2, 0) is 4.79 Å². The van der Waals surface area contributed by atoms with Crippen LogP contribution in [0.15, 0.2) is 55.2 Å². The number of anilines is 5. The third kappa shape index (κ3) is 5.64. The fourth-order valence-corrected chi connectivity index (χ4v) is 3.92. The van der Waals surface area contributed by atoms with Gasteiger partial charge in [-0.1, -0.05) is 36.4 Å². The summed E-state index contributed by atoms with van der Waals surface area (Å²) < 4.78 is 5.62. The number of nitrogens with one attached hydrogen (secondary N) is 2. The lowest BCUT2D eigenvalue weighted by Crippen LogP contribution is -2.44. The van der Waals surface area contributed by atoms with Crippen LogP contribution in [-0.4, -0.2) is 66.3 Å². The van der Waals surface area contributed by atoms with E-state index < -0.39 is 5.97 Å². The Morgan fingerprint density at radius 2 is 1.86 bits per heavy atom. The van der Waals surface area contributed by atoms with Crippen molar-refractivity contribution in [2.75, 3.05) is 55.9 Å². The molecule has 10 heteroatoms. The number of nitrogens with zero attached hydrogens (tertiary/aromatic N) is 4. The molecular weight excluding hydrogens is 468 g/mol. The summed E-state index contributed by atoms with van der Waals surface area (Å²) in [6.07, 6.45) is 1.47. The molecule has 182 valence electrons. The van der Waals surface area contributed by atoms with Crippen LogP contribution in [0, 0.1) is 0 Å². The maximum Gasteiger partial charge on any atom is 0.335 e. The monoisotopic (exact) mass is 494 g/mol. The lowest BCUT2D eigenvalue weighted by atomic mass is 10.1. The number of aliphatic carboxylic acids is 1. The molecule has 0 saturated carbocycles. The molecule has 0 aliphatic carbocycles. The molecule has 0 spiro atoms. The van der Waals surface area contributed by atoms with Crippen LogP contribution in [0.1, 0.15) is 5.56 Å². The van der Waals surface area contributed by atoms with Crippen LogP contribution >= 0.6 is 11.6 Å². The van der Waals surface area contributed by atoms with Gasteiger partial charge in [-0.25, -0.2) is 9.78 Å². The summed E-state index contributed by atoms with van der Waals surface area (Å²) >= 11 is 6.33. The highest BCUT2D eigenvalue weighted by atomic mass is 35.5. The number of ether oxygens (including phenoxy) is 1. The van der Waals surface area contributed by atoms with Gasteiger partial charge in [0, 0.05) is 49.2 Å². The van der Waals surface area contributed by atoms with Crippen molar-refractivity contribution in [1.29, 1.82) is 0 Å². The topological polar surface area (TPSA) is 103 Å². The van der Waals surface area contributed by atoms with Crippen LogP contribution in [0.25, 0.3) is 5.57 Å². The number of carboxylic acids is 1. The molecule has 1 aliphatic heterocycles. The van der Waals surface area contributed by atoms with Gasteiger partial charge in [0.2, 0.25) is 5.95 Å². The molecule has 1 fully saturated rings. The number of halogens is 1. The maximum atomic E-state index is 11.4. The molecule has 4 rings (SSSR count). The van der Waals surface area contributed by atoms with Crippen molar-refractivity contribution in [3.63, 3.8) is 0 Å². The third-order valence-electron chi connectivity index (χ3n) is 5.81. The molecule has 0 bridgehead atoms. The first kappa shape index (κ1) is 24.3. The van der Waals surface area contributed by atoms with E-state index in [2.05, 4.69) is 44.0 Å². The standard InChI is InChI=1S/C25H27ClN6O3/c1-16(24(33)34)18-6-4-5-7-20(18)28-23-19(26)15-27-25(30-23)29-21-9-8-17(14-22(21)35-3)32-12-10-31(2)11-13-32/h4-9,14-15H,1,10-13H2,2-3H3,(H,33,34)(H2,27,28,29,30). The molecule has 0 amide bonds. The molecule has 0 unspecified atom stereocenters. The SMILES string of the molecule is C=C(C(=O)O)c1ccccc1Nc1nc(Nc2ccc(N3CCN(C)CC3)cc2OC)ncc1Cl. The van der Waals surface area contributed by atoms with Crippen LogP contribution in [0.5, 0.6) is 5.75 Å². The quantitative estimate of drug-likeness (QED) is 0.391. The van der Waals surface area contributed by atoms with Gasteiger partial charge in [-0.2, -0.15) is 4.98 Å². The summed E-state index contributed by atoms with van der Waals surface area (Å²) in [4.78, 5) is 24.8. The van der Waals surface area contributed by atoms with Crippen molar-refractivity contribution < 1.29 is 14.6 Å². The lowest BCUT2D eigenvalue weighted by molar-refractivity contribution is -0.130. The number of piperazine rings is 1. The van der Waals surface area contributed by atoms with Crippen molar-refractivity contribution in [3.05, 3.63) is 65.8 Å². The maximum absolute atomic E-state index is 11.4. The Bertz CT molecular complexity index is 1240. The summed E-state index contributed by atoms with van der Waals surface area (Å²) in [5, 5.41) is 15.9. The number of hydrogen-bond donors (Lipinski definition) is 3. The van der Waals surface area contributed by atoms with Gasteiger partial charge in [0.05, 0.1) is 24.6 Å². The first-order chi connectivity index (χ1) is 16.9. The highest BCUT2D eigenvalue weighted by Gasteiger charge is 2.17. The summed E-state index contributed by atoms with van der Waals surface area (Å²) in [7, 11) is 3.75. The van der Waals surface area contributed by atoms with Crippen LogP contribution in [0.4, 0.5) is 28.8 Å². The van der Waals surface area contributed by atoms with E-state index in [0.29, 0.717) is 34.5 Å². The smallest absolute Gasteiger partial charge is 0.335 e. The van der Waals surface area contributed by atoms with E-state index in [9.17, 15) is 9.90 Å². The third-order valence-corrected chi connectivity index (χ3v) is 6.08. The molecule has 3 N–H and O–H groups in total. The van der Waals surface area contributed by atoms with E-state index in [-0.39, 0.29) is 10.6 Å². The van der Waals surface area contributed by atoms with Gasteiger partial charge in [-0.05, 0) is 25.2 Å². The molecule has 0 radical (unpaired) electrons. The lowest BCUT2D eigenvalue weighted by Gasteiger charge is -2.34. The second-order valence-corrected chi connectivity index (χ2v) is 8.55. The minimum absolute atomic E-state index is 0.0400. The second kappa shape index (κ2) is 10.6. The van der Waals surface area contributed by atoms with Gasteiger partial charge in [0.15, 0.2) is 5.82 Å². The Hall–Kier alpha value is -3.82. The van der Waals surface area contributed by atoms with Crippen LogP contribution in [0.2, 0.25) is 5.02 Å². The molecule has 2 heterocycles. The fraction of sp³-hybridized carbons (Fsp3) is 0.240. The van der Waals surface area contributed by atoms with Gasteiger partial charge >= 0.3 is 5.97 Å². The number of carboxylic acid groups (broad SMARTS) is 1. The normalized spacial score (nSPS) is 13.9. The molecule has 35 heavy (non-hydrogen) atoms. The van der Waals surface area contributed by atoms with Crippen molar-refractivity contribution >= 4 is 52.0 Å². The summed E-state index contributed by atoms with van der Waals surface area (Å²) in [6.45, 7) is 7.59. The van der Waals surface area contributed by atoms with Crippen molar-refractivity contribution in [3.8, 4) is 5.75 Å². The minimum atomic E-state index is -1.11. The Balaban J connectivity index is 1.56. The van der Waals surface area contributed by atoms with Gasteiger partial charge in [0.25, 0.3) is 0 Å². The molecule has 1 aliphatic rings. The Labute approximate surface area is 209 Å². The number of carbonyl (C=O) groups is 1. The Morgan fingerprint density at radius 1 is 1.11 bits per heavy atom. The molecule has 1 saturated heterocycles. The predicted octanol–water partition coefficient (Wildman–Crippen LogP) is 4.48. The van der Waals surface area contributed by atoms with E-state index in [0.717, 1.165) is 31.9 Å². The van der Waals surface area contributed by atoms with Crippen molar-refractivity contribution in [2.24, 2.45) is 0 Å². The van der Waals surface area contributed by atoms with E-state index >= 15 is 0 Å². The number of para-hydroxylation sites is 1. The second-order valence-electron chi connectivity index (χ2n) is 8.14. The van der Waals surface area contributed by atoms with E-state index in [4.69, 9.17) is 16.3 Å². The number of hydrogen-bond acceptors (Lipinski definition) is 8. The zero-order valence-corrected chi connectivity index (χ0v) is 20.3. The number of likely N-dealkylation sites (N-methyl/N-ethyl adjacent to an activating group) is 1. The Morgan fingerprint density at radius 3 is 2.57 bits per heavy atom. The van der Waals surface area contributed by atoms with Gasteiger partial charge in [-0.15, -0.1) is 0 Å². The molecular formula is C25H27ClN6O3. The highest BCUT2D eigenvalue weighted by molar-refractivity contribution is 6.33. The largest absolute Gasteiger partial charge is 0.494 e. The van der Waals surface area contributed by atoms with Gasteiger partial charge in [0.1, 0.15) is 10.8 Å². The van der Waals surface area contributed by atoms with Crippen molar-refractivity contribution in [1.82, 2.24) is 14.9 Å². The average Bonchev–Trinajstić information content (AvgIpc) is 2.86. The number of methoxy groups -OCH3 is 1.